The van der Waals surface area contributed by atoms with E-state index in [0.29, 0.717) is 84.3 Å². The van der Waals surface area contributed by atoms with Crippen LogP contribution in [0.5, 0.6) is 0 Å². The molecule has 0 unspecified atom stereocenters. The zero-order chi connectivity index (χ0) is 34.1. The van der Waals surface area contributed by atoms with E-state index in [0.717, 1.165) is 13.0 Å². The number of alkyl halides is 2. The van der Waals surface area contributed by atoms with Gasteiger partial charge in [-0.2, -0.15) is 0 Å². The molecule has 0 aromatic carbocycles. The number of halogens is 2. The average Bonchev–Trinajstić information content (AvgIpc) is 2.98. The molecule has 3 saturated heterocycles. The third-order valence-corrected chi connectivity index (χ3v) is 10.2. The molecule has 1 aliphatic carbocycles. The lowest BCUT2D eigenvalue weighted by atomic mass is 9.79. The molecule has 0 radical (unpaired) electrons. The Balaban J connectivity index is 1.41. The predicted octanol–water partition coefficient (Wildman–Crippen LogP) is 2.87. The first-order chi connectivity index (χ1) is 22.2. The van der Waals surface area contributed by atoms with Gasteiger partial charge in [-0.15, -0.1) is 0 Å². The molecule has 3 aliphatic heterocycles. The second-order valence-electron chi connectivity index (χ2n) is 15.4. The Morgan fingerprint density at radius 3 is 2.21 bits per heavy atom. The number of piperidine rings is 2. The lowest BCUT2D eigenvalue weighted by Crippen LogP contribution is -2.58. The first kappa shape index (κ1) is 37.4. The van der Waals surface area contributed by atoms with Crippen LogP contribution in [0.25, 0.3) is 0 Å². The van der Waals surface area contributed by atoms with Crippen molar-refractivity contribution in [3.63, 3.8) is 0 Å². The van der Waals surface area contributed by atoms with Gasteiger partial charge in [0.25, 0.3) is 0 Å². The number of carbonyl (C=O) groups is 4. The Hall–Kier alpha value is -2.38. The molecular formula is C34H57F2N5O6. The van der Waals surface area contributed by atoms with Crippen LogP contribution < -0.4 is 16.0 Å². The molecule has 0 aromatic heterocycles. The van der Waals surface area contributed by atoms with E-state index in [2.05, 4.69) is 20.9 Å². The van der Waals surface area contributed by atoms with Gasteiger partial charge in [0.15, 0.2) is 0 Å². The number of nitrogens with one attached hydrogen (secondary N) is 3. The summed E-state index contributed by atoms with van der Waals surface area (Å²) >= 11 is 0. The van der Waals surface area contributed by atoms with Crippen molar-refractivity contribution in [1.82, 2.24) is 25.8 Å². The number of hydrogen-bond donors (Lipinski definition) is 3. The normalized spacial score (nSPS) is 28.4. The van der Waals surface area contributed by atoms with E-state index in [1.165, 1.54) is 0 Å². The average molecular weight is 670 g/mol. The SMILES string of the molecule is CC(C)(C)CC(=O)N1CCC2(CC1)CC(=O)NCC[C@H]1CN(C3CCC(F)(F)CC3)CC[C@H]1CC(=O)NCCOCCOCC(=O)N2. The molecule has 4 amide bonds. The highest BCUT2D eigenvalue weighted by atomic mass is 19.3. The van der Waals surface area contributed by atoms with E-state index in [1.807, 2.05) is 25.7 Å². The molecule has 3 heterocycles. The molecule has 4 rings (SSSR count). The molecule has 47 heavy (non-hydrogen) atoms. The number of rotatable bonds is 2. The maximum Gasteiger partial charge on any atom is 0.248 e. The first-order valence-electron chi connectivity index (χ1n) is 17.6. The van der Waals surface area contributed by atoms with Crippen LogP contribution in [-0.2, 0) is 28.7 Å². The summed E-state index contributed by atoms with van der Waals surface area (Å²) in [6.45, 7) is 9.89. The number of amides is 4. The third kappa shape index (κ3) is 12.2. The molecular weight excluding hydrogens is 612 g/mol. The highest BCUT2D eigenvalue weighted by Crippen LogP contribution is 2.38. The molecule has 0 aromatic rings. The summed E-state index contributed by atoms with van der Waals surface area (Å²) in [4.78, 5) is 56.2. The van der Waals surface area contributed by atoms with Gasteiger partial charge in [0.05, 0.1) is 25.4 Å². The van der Waals surface area contributed by atoms with Crippen LogP contribution in [-0.4, -0.2) is 117 Å². The lowest BCUT2D eigenvalue weighted by Gasteiger charge is -2.44. The number of carbonyl (C=O) groups excluding carboxylic acids is 4. The van der Waals surface area contributed by atoms with Gasteiger partial charge in [0.1, 0.15) is 6.61 Å². The molecule has 4 aliphatic rings. The van der Waals surface area contributed by atoms with E-state index in [9.17, 15) is 28.0 Å². The van der Waals surface area contributed by atoms with Gasteiger partial charge in [0, 0.05) is 70.9 Å². The summed E-state index contributed by atoms with van der Waals surface area (Å²) in [5.41, 5.74) is -0.936. The van der Waals surface area contributed by atoms with Crippen LogP contribution >= 0.6 is 0 Å². The molecule has 1 spiro atoms. The molecule has 268 valence electrons. The first-order valence-corrected chi connectivity index (χ1v) is 17.6. The summed E-state index contributed by atoms with van der Waals surface area (Å²) in [6.07, 6.45) is 4.03. The molecule has 1 saturated carbocycles. The highest BCUT2D eigenvalue weighted by Gasteiger charge is 2.41. The second-order valence-corrected chi connectivity index (χ2v) is 15.4. The molecule has 2 atom stereocenters. The fourth-order valence-electron chi connectivity index (χ4n) is 7.58. The molecule has 11 nitrogen and oxygen atoms in total. The van der Waals surface area contributed by atoms with Gasteiger partial charge in [-0.1, -0.05) is 20.8 Å². The van der Waals surface area contributed by atoms with Crippen molar-refractivity contribution in [2.24, 2.45) is 17.3 Å². The Morgan fingerprint density at radius 1 is 0.830 bits per heavy atom. The highest BCUT2D eigenvalue weighted by molar-refractivity contribution is 5.82. The largest absolute Gasteiger partial charge is 0.377 e. The van der Waals surface area contributed by atoms with Gasteiger partial charge < -0.3 is 35.2 Å². The Kier molecular flexibility index (Phi) is 13.4. The van der Waals surface area contributed by atoms with Crippen molar-refractivity contribution in [2.75, 3.05) is 65.7 Å². The number of fused-ring (bicyclic) bond motifs is 1. The van der Waals surface area contributed by atoms with Gasteiger partial charge in [-0.3, -0.25) is 19.2 Å². The van der Waals surface area contributed by atoms with Crippen molar-refractivity contribution in [3.05, 3.63) is 0 Å². The van der Waals surface area contributed by atoms with E-state index in [4.69, 9.17) is 9.47 Å². The van der Waals surface area contributed by atoms with E-state index < -0.39 is 11.5 Å². The minimum Gasteiger partial charge on any atom is -0.377 e. The molecule has 13 heteroatoms. The Bertz CT molecular complexity index is 1070. The van der Waals surface area contributed by atoms with E-state index in [1.54, 1.807) is 0 Å². The van der Waals surface area contributed by atoms with Crippen LogP contribution in [0.2, 0.25) is 0 Å². The monoisotopic (exact) mass is 669 g/mol. The summed E-state index contributed by atoms with van der Waals surface area (Å²) < 4.78 is 38.8. The Morgan fingerprint density at radius 2 is 1.51 bits per heavy atom. The quantitative estimate of drug-likeness (QED) is 0.413. The number of nitrogens with zero attached hydrogens (tertiary/aromatic N) is 2. The van der Waals surface area contributed by atoms with Crippen molar-refractivity contribution in [3.8, 4) is 0 Å². The number of ether oxygens (including phenoxy) is 2. The zero-order valence-corrected chi connectivity index (χ0v) is 28.7. The lowest BCUT2D eigenvalue weighted by molar-refractivity contribution is -0.136. The van der Waals surface area contributed by atoms with Crippen molar-refractivity contribution in [1.29, 1.82) is 0 Å². The van der Waals surface area contributed by atoms with Crippen LogP contribution in [0.1, 0.15) is 91.4 Å². The maximum atomic E-state index is 13.9. The van der Waals surface area contributed by atoms with Crippen molar-refractivity contribution in [2.45, 2.75) is 109 Å². The van der Waals surface area contributed by atoms with Gasteiger partial charge in [-0.25, -0.2) is 8.78 Å². The number of likely N-dealkylation sites (tertiary alicyclic amines) is 2. The maximum absolute atomic E-state index is 13.9. The summed E-state index contributed by atoms with van der Waals surface area (Å²) in [5, 5.41) is 9.08. The van der Waals surface area contributed by atoms with Crippen LogP contribution in [0.15, 0.2) is 0 Å². The summed E-state index contributed by atoms with van der Waals surface area (Å²) in [5.74, 6) is -2.81. The summed E-state index contributed by atoms with van der Waals surface area (Å²) in [7, 11) is 0. The molecule has 3 N–H and O–H groups in total. The van der Waals surface area contributed by atoms with Crippen molar-refractivity contribution >= 4 is 23.6 Å². The van der Waals surface area contributed by atoms with Gasteiger partial charge in [0.2, 0.25) is 29.6 Å². The second kappa shape index (κ2) is 16.8. The standard InChI is InChI=1S/C34H57F2N5O6/c1-32(2,3)22-31(45)40-15-10-33(11-16-40)21-29(43)37-12-6-26-23-41(27-4-8-34(35,36)9-5-27)14-7-25(26)20-28(42)38-13-17-46-18-19-47-24-30(44)39-33/h25-27H,4-24H2,1-3H3,(H,37,43)(H,38,42)(H,39,44)/t25-,26-/m0/s1. The minimum atomic E-state index is -2.58. The molecule has 4 fully saturated rings. The minimum absolute atomic E-state index is 0.0463. The smallest absolute Gasteiger partial charge is 0.248 e. The van der Waals surface area contributed by atoms with E-state index in [-0.39, 0.29) is 86.0 Å². The van der Waals surface area contributed by atoms with Crippen molar-refractivity contribution < 1.29 is 37.4 Å². The fraction of sp³-hybridized carbons (Fsp3) is 0.882. The Labute approximate surface area is 278 Å². The topological polar surface area (TPSA) is 129 Å². The van der Waals surface area contributed by atoms with Gasteiger partial charge >= 0.3 is 0 Å². The van der Waals surface area contributed by atoms with Crippen LogP contribution in [0, 0.1) is 17.3 Å². The zero-order valence-electron chi connectivity index (χ0n) is 28.7. The van der Waals surface area contributed by atoms with Crippen LogP contribution in [0.4, 0.5) is 8.78 Å². The number of hydrogen-bond acceptors (Lipinski definition) is 7. The predicted molar refractivity (Wildman–Crippen MR) is 173 cm³/mol. The summed E-state index contributed by atoms with van der Waals surface area (Å²) in [6, 6.07) is 0.116. The van der Waals surface area contributed by atoms with Gasteiger partial charge in [-0.05, 0) is 62.3 Å². The molecule has 0 bridgehead atoms. The van der Waals surface area contributed by atoms with Crippen LogP contribution in [0.3, 0.4) is 0 Å². The fourth-order valence-corrected chi connectivity index (χ4v) is 7.58. The van der Waals surface area contributed by atoms with E-state index >= 15 is 0 Å². The third-order valence-electron chi connectivity index (χ3n) is 10.2.